The van der Waals surface area contributed by atoms with Crippen LogP contribution in [0.1, 0.15) is 5.56 Å². The molecule has 0 aliphatic heterocycles. The van der Waals surface area contributed by atoms with Crippen LogP contribution in [-0.4, -0.2) is 14.8 Å². The predicted octanol–water partition coefficient (Wildman–Crippen LogP) is 3.88. The maximum atomic E-state index is 12.5. The fourth-order valence-corrected chi connectivity index (χ4v) is 2.12. The van der Waals surface area contributed by atoms with Crippen molar-refractivity contribution in [3.05, 3.63) is 34.1 Å². The van der Waals surface area contributed by atoms with Crippen LogP contribution in [0.3, 0.4) is 0 Å². The third kappa shape index (κ3) is 2.57. The molecular formula is C9H4Cl2F3N3S. The second kappa shape index (κ2) is 4.64. The Balaban J connectivity index is 2.58. The van der Waals surface area contributed by atoms with E-state index in [2.05, 4.69) is 22.7 Å². The maximum absolute atomic E-state index is 12.5. The minimum Gasteiger partial charge on any atom is -0.217 e. The quantitative estimate of drug-likeness (QED) is 0.810. The van der Waals surface area contributed by atoms with Gasteiger partial charge in [0.1, 0.15) is 12.0 Å². The van der Waals surface area contributed by atoms with Gasteiger partial charge in [0.25, 0.3) is 0 Å². The largest absolute Gasteiger partial charge is 0.416 e. The average Bonchev–Trinajstić information content (AvgIpc) is 2.62. The Morgan fingerprint density at radius 1 is 1.17 bits per heavy atom. The Bertz CT molecular complexity index is 574. The Kier molecular flexibility index (Phi) is 3.48. The van der Waals surface area contributed by atoms with Gasteiger partial charge in [-0.05, 0) is 12.1 Å². The third-order valence-electron chi connectivity index (χ3n) is 2.05. The van der Waals surface area contributed by atoms with Crippen LogP contribution in [-0.2, 0) is 6.18 Å². The summed E-state index contributed by atoms with van der Waals surface area (Å²) in [7, 11) is 0. The second-order valence-electron chi connectivity index (χ2n) is 3.28. The van der Waals surface area contributed by atoms with E-state index in [0.29, 0.717) is 0 Å². The highest BCUT2D eigenvalue weighted by molar-refractivity contribution is 7.80. The molecule has 0 fully saturated rings. The monoisotopic (exact) mass is 313 g/mol. The van der Waals surface area contributed by atoms with Crippen molar-refractivity contribution in [1.82, 2.24) is 14.8 Å². The number of hydrogen-bond acceptors (Lipinski definition) is 3. The van der Waals surface area contributed by atoms with Crippen molar-refractivity contribution in [3.63, 3.8) is 0 Å². The summed E-state index contributed by atoms with van der Waals surface area (Å²) < 4.78 is 38.7. The molecule has 0 N–H and O–H groups in total. The highest BCUT2D eigenvalue weighted by atomic mass is 35.5. The van der Waals surface area contributed by atoms with Crippen LogP contribution in [0.2, 0.25) is 10.0 Å². The van der Waals surface area contributed by atoms with Gasteiger partial charge < -0.3 is 0 Å². The molecule has 0 aliphatic carbocycles. The Morgan fingerprint density at radius 2 is 1.72 bits per heavy atom. The topological polar surface area (TPSA) is 30.7 Å². The van der Waals surface area contributed by atoms with Gasteiger partial charge in [-0.3, -0.25) is 0 Å². The minimum absolute atomic E-state index is 0.124. The molecule has 2 rings (SSSR count). The van der Waals surface area contributed by atoms with Crippen molar-refractivity contribution in [1.29, 1.82) is 0 Å². The maximum Gasteiger partial charge on any atom is 0.416 e. The molecule has 2 aromatic rings. The van der Waals surface area contributed by atoms with E-state index in [0.717, 1.165) is 16.8 Å². The lowest BCUT2D eigenvalue weighted by Gasteiger charge is -2.11. The van der Waals surface area contributed by atoms with Crippen LogP contribution < -0.4 is 0 Å². The Labute approximate surface area is 115 Å². The molecule has 0 saturated heterocycles. The van der Waals surface area contributed by atoms with Gasteiger partial charge in [0, 0.05) is 0 Å². The van der Waals surface area contributed by atoms with Crippen LogP contribution in [0.15, 0.2) is 23.6 Å². The summed E-state index contributed by atoms with van der Waals surface area (Å²) in [6.45, 7) is 0. The van der Waals surface area contributed by atoms with Crippen LogP contribution >= 0.6 is 35.8 Å². The highest BCUT2D eigenvalue weighted by Crippen LogP contribution is 2.37. The van der Waals surface area contributed by atoms with Gasteiger partial charge in [-0.1, -0.05) is 23.2 Å². The zero-order chi connectivity index (χ0) is 13.5. The molecule has 0 spiro atoms. The van der Waals surface area contributed by atoms with Gasteiger partial charge in [-0.25, -0.2) is 9.67 Å². The first-order valence-corrected chi connectivity index (χ1v) is 5.66. The fourth-order valence-electron chi connectivity index (χ4n) is 1.31. The third-order valence-corrected chi connectivity index (χ3v) is 2.83. The average molecular weight is 314 g/mol. The lowest BCUT2D eigenvalue weighted by Crippen LogP contribution is -2.06. The number of aromatic nitrogens is 3. The fraction of sp³-hybridized carbons (Fsp3) is 0.111. The number of benzene rings is 1. The van der Waals surface area contributed by atoms with Gasteiger partial charge in [-0.15, -0.1) is 17.7 Å². The molecule has 0 atom stereocenters. The summed E-state index contributed by atoms with van der Waals surface area (Å²) in [5.41, 5.74) is -0.799. The van der Waals surface area contributed by atoms with Crippen molar-refractivity contribution in [2.45, 2.75) is 11.3 Å². The van der Waals surface area contributed by atoms with E-state index in [4.69, 9.17) is 23.2 Å². The number of nitrogens with zero attached hydrogens (tertiary/aromatic N) is 3. The first kappa shape index (κ1) is 13.5. The van der Waals surface area contributed by atoms with Gasteiger partial charge in [0.2, 0.25) is 5.16 Å². The van der Waals surface area contributed by atoms with Crippen molar-refractivity contribution in [2.75, 3.05) is 0 Å². The molecule has 0 bridgehead atoms. The van der Waals surface area contributed by atoms with Gasteiger partial charge in [-0.2, -0.15) is 13.2 Å². The first-order chi connectivity index (χ1) is 8.29. The van der Waals surface area contributed by atoms with E-state index >= 15 is 0 Å². The second-order valence-corrected chi connectivity index (χ2v) is 4.49. The van der Waals surface area contributed by atoms with Crippen LogP contribution in [0.5, 0.6) is 0 Å². The number of halogens is 5. The summed E-state index contributed by atoms with van der Waals surface area (Å²) in [5, 5.41) is 3.62. The lowest BCUT2D eigenvalue weighted by atomic mass is 10.2. The summed E-state index contributed by atoms with van der Waals surface area (Å²) in [5.74, 6) is 0. The molecular weight excluding hydrogens is 310 g/mol. The zero-order valence-electron chi connectivity index (χ0n) is 8.41. The Morgan fingerprint density at radius 3 is 2.11 bits per heavy atom. The number of thiol groups is 1. The molecule has 0 aliphatic rings. The van der Waals surface area contributed by atoms with Gasteiger partial charge >= 0.3 is 6.18 Å². The van der Waals surface area contributed by atoms with Crippen LogP contribution in [0.25, 0.3) is 5.69 Å². The molecule has 18 heavy (non-hydrogen) atoms. The molecule has 0 amide bonds. The van der Waals surface area contributed by atoms with E-state index in [1.807, 2.05) is 0 Å². The van der Waals surface area contributed by atoms with Gasteiger partial charge in [0.05, 0.1) is 15.6 Å². The molecule has 0 saturated carbocycles. The SMILES string of the molecule is FC(F)(F)c1cc(Cl)c(-n2cnc(S)n2)c(Cl)c1. The number of hydrogen-bond donors (Lipinski definition) is 1. The minimum atomic E-state index is -4.51. The van der Waals surface area contributed by atoms with E-state index in [-0.39, 0.29) is 20.9 Å². The van der Waals surface area contributed by atoms with Crippen LogP contribution in [0, 0.1) is 0 Å². The normalized spacial score (nSPS) is 11.9. The molecule has 3 nitrogen and oxygen atoms in total. The first-order valence-electron chi connectivity index (χ1n) is 4.46. The van der Waals surface area contributed by atoms with Crippen molar-refractivity contribution >= 4 is 35.8 Å². The molecule has 0 radical (unpaired) electrons. The standard InChI is InChI=1S/C9H4Cl2F3N3S/c10-5-1-4(9(12,13)14)2-6(11)7(5)17-3-15-8(18)16-17/h1-3H,(H,16,18). The van der Waals surface area contributed by atoms with Gasteiger partial charge in [0.15, 0.2) is 0 Å². The molecule has 1 aromatic carbocycles. The number of alkyl halides is 3. The zero-order valence-corrected chi connectivity index (χ0v) is 10.8. The number of rotatable bonds is 1. The molecule has 1 aromatic heterocycles. The van der Waals surface area contributed by atoms with Crippen molar-refractivity contribution in [2.24, 2.45) is 0 Å². The summed E-state index contributed by atoms with van der Waals surface area (Å²) >= 11 is 15.5. The van der Waals surface area contributed by atoms with Crippen LogP contribution in [0.4, 0.5) is 13.2 Å². The van der Waals surface area contributed by atoms with E-state index in [9.17, 15) is 13.2 Å². The summed E-state index contributed by atoms with van der Waals surface area (Å²) in [4.78, 5) is 3.72. The molecule has 1 heterocycles. The van der Waals surface area contributed by atoms with E-state index < -0.39 is 11.7 Å². The van der Waals surface area contributed by atoms with E-state index in [1.54, 1.807) is 0 Å². The lowest BCUT2D eigenvalue weighted by molar-refractivity contribution is -0.137. The smallest absolute Gasteiger partial charge is 0.217 e. The van der Waals surface area contributed by atoms with Crippen molar-refractivity contribution in [3.8, 4) is 5.69 Å². The molecule has 96 valence electrons. The van der Waals surface area contributed by atoms with Crippen molar-refractivity contribution < 1.29 is 13.2 Å². The summed E-state index contributed by atoms with van der Waals surface area (Å²) in [6, 6.07) is 1.56. The Hall–Kier alpha value is -0.920. The highest BCUT2D eigenvalue weighted by Gasteiger charge is 2.32. The summed E-state index contributed by atoms with van der Waals surface area (Å²) in [6.07, 6.45) is -3.26. The molecule has 0 unspecified atom stereocenters. The van der Waals surface area contributed by atoms with E-state index in [1.165, 1.54) is 6.33 Å². The molecule has 9 heteroatoms. The predicted molar refractivity (Wildman–Crippen MR) is 63.6 cm³/mol.